The lowest BCUT2D eigenvalue weighted by molar-refractivity contribution is -0.137. The third-order valence-electron chi connectivity index (χ3n) is 6.49. The molecule has 11 heteroatoms. The minimum atomic E-state index is -4.46. The highest BCUT2D eigenvalue weighted by Crippen LogP contribution is 2.37. The van der Waals surface area contributed by atoms with Crippen LogP contribution in [0.15, 0.2) is 47.7 Å². The van der Waals surface area contributed by atoms with Crippen molar-refractivity contribution >= 4 is 17.2 Å². The molecule has 1 aromatic carbocycles. The summed E-state index contributed by atoms with van der Waals surface area (Å²) in [6, 6.07) is 8.87. The van der Waals surface area contributed by atoms with Crippen molar-refractivity contribution in [1.82, 2.24) is 4.98 Å². The maximum Gasteiger partial charge on any atom is 0.431 e. The van der Waals surface area contributed by atoms with Crippen molar-refractivity contribution in [1.29, 1.82) is 0 Å². The fourth-order valence-corrected chi connectivity index (χ4v) is 4.58. The number of pyridine rings is 1. The molecule has 1 aromatic heterocycles. The lowest BCUT2D eigenvalue weighted by atomic mass is 9.95. The highest BCUT2D eigenvalue weighted by molar-refractivity contribution is 5.95. The number of piperidine rings is 1. The highest BCUT2D eigenvalue weighted by Gasteiger charge is 2.47. The van der Waals surface area contributed by atoms with Crippen LogP contribution in [0, 0.1) is 5.92 Å². The Balaban J connectivity index is 1.35. The zero-order valence-electron chi connectivity index (χ0n) is 19.3. The Labute approximate surface area is 199 Å². The molecule has 0 spiro atoms. The number of alkyl halides is 6. The maximum absolute atomic E-state index is 13.3. The zero-order chi connectivity index (χ0) is 25.4. The van der Waals surface area contributed by atoms with Crippen LogP contribution >= 0.6 is 0 Å². The Morgan fingerprint density at radius 2 is 1.60 bits per heavy atom. The number of nitrogens with zero attached hydrogens (tertiary/aromatic N) is 4. The van der Waals surface area contributed by atoms with E-state index in [1.54, 1.807) is 31.2 Å². The summed E-state index contributed by atoms with van der Waals surface area (Å²) in [4.78, 5) is 5.86. The second kappa shape index (κ2) is 9.58. The van der Waals surface area contributed by atoms with Crippen molar-refractivity contribution in [2.75, 3.05) is 23.0 Å². The van der Waals surface area contributed by atoms with E-state index < -0.39 is 29.5 Å². The van der Waals surface area contributed by atoms with Gasteiger partial charge < -0.3 is 9.64 Å². The summed E-state index contributed by atoms with van der Waals surface area (Å²) in [5, 5.41) is 5.31. The Morgan fingerprint density at radius 3 is 2.11 bits per heavy atom. The number of hydrogen-bond acceptors (Lipinski definition) is 5. The first-order valence-electron chi connectivity index (χ1n) is 11.5. The first-order valence-corrected chi connectivity index (χ1v) is 11.5. The molecule has 1 fully saturated rings. The fourth-order valence-electron chi connectivity index (χ4n) is 4.58. The van der Waals surface area contributed by atoms with Crippen molar-refractivity contribution in [3.63, 3.8) is 0 Å². The number of rotatable bonds is 5. The van der Waals surface area contributed by atoms with E-state index in [-0.39, 0.29) is 12.1 Å². The van der Waals surface area contributed by atoms with Crippen molar-refractivity contribution in [2.45, 2.75) is 57.6 Å². The molecular weight excluding hydrogens is 474 g/mol. The minimum Gasteiger partial charge on any atom is -0.490 e. The average molecular weight is 500 g/mol. The Morgan fingerprint density at radius 1 is 0.943 bits per heavy atom. The fraction of sp³-hybridized carbons (Fsp3) is 0.500. The van der Waals surface area contributed by atoms with Gasteiger partial charge in [-0.3, -0.25) is 5.01 Å². The predicted octanol–water partition coefficient (Wildman–Crippen LogP) is 6.30. The molecular formula is C24H26F6N4O. The van der Waals surface area contributed by atoms with Gasteiger partial charge in [0.15, 0.2) is 0 Å². The molecule has 1 saturated heterocycles. The van der Waals surface area contributed by atoms with E-state index >= 15 is 0 Å². The van der Waals surface area contributed by atoms with Crippen molar-refractivity contribution in [3.8, 4) is 5.75 Å². The lowest BCUT2D eigenvalue weighted by Crippen LogP contribution is -2.38. The molecule has 0 saturated carbocycles. The summed E-state index contributed by atoms with van der Waals surface area (Å²) >= 11 is 0. The van der Waals surface area contributed by atoms with Gasteiger partial charge in [0.2, 0.25) is 0 Å². The number of benzene rings is 1. The van der Waals surface area contributed by atoms with E-state index in [9.17, 15) is 26.3 Å². The van der Waals surface area contributed by atoms with Gasteiger partial charge in [-0.2, -0.15) is 31.4 Å². The quantitative estimate of drug-likeness (QED) is 0.452. The molecule has 2 aliphatic rings. The standard InChI is InChI=1S/C24H26F6N4O/c1-3-20-15(2)22(24(28,29)30)32-34(20)17-5-7-18(8-6-17)35-19-10-12-33(13-11-19)21-9-4-16(14-31-21)23(25,26)27/h4-9,14-15,19-20H,3,10-13H2,1-2H3/t15?,20-/m0/s1. The molecule has 3 heterocycles. The Kier molecular flexibility index (Phi) is 6.88. The first kappa shape index (κ1) is 25.1. The van der Waals surface area contributed by atoms with E-state index in [1.165, 1.54) is 11.1 Å². The van der Waals surface area contributed by atoms with Crippen LogP contribution in [0.5, 0.6) is 5.75 Å². The molecule has 1 unspecified atom stereocenters. The average Bonchev–Trinajstić information content (AvgIpc) is 3.16. The summed E-state index contributed by atoms with van der Waals surface area (Å²) in [7, 11) is 0. The number of hydrazone groups is 1. The molecule has 2 aromatic rings. The third kappa shape index (κ3) is 5.48. The van der Waals surface area contributed by atoms with Gasteiger partial charge in [-0.1, -0.05) is 13.8 Å². The van der Waals surface area contributed by atoms with E-state index in [1.807, 2.05) is 11.8 Å². The molecule has 0 bridgehead atoms. The number of hydrogen-bond donors (Lipinski definition) is 0. The molecule has 35 heavy (non-hydrogen) atoms. The number of aromatic nitrogens is 1. The maximum atomic E-state index is 13.3. The van der Waals surface area contributed by atoms with Gasteiger partial charge in [-0.25, -0.2) is 4.98 Å². The monoisotopic (exact) mass is 500 g/mol. The van der Waals surface area contributed by atoms with Crippen LogP contribution in [-0.4, -0.2) is 42.1 Å². The SMILES string of the molecule is CC[C@H]1C(C)C(C(F)(F)F)=NN1c1ccc(OC2CCN(c3ccc(C(F)(F)F)cn3)CC2)cc1. The van der Waals surface area contributed by atoms with Gasteiger partial charge in [-0.05, 0) is 42.8 Å². The molecule has 0 N–H and O–H groups in total. The highest BCUT2D eigenvalue weighted by atomic mass is 19.4. The molecule has 4 rings (SSSR count). The van der Waals surface area contributed by atoms with Crippen LogP contribution in [0.3, 0.4) is 0 Å². The predicted molar refractivity (Wildman–Crippen MR) is 121 cm³/mol. The van der Waals surface area contributed by atoms with E-state index in [0.717, 1.165) is 12.3 Å². The second-order valence-electron chi connectivity index (χ2n) is 8.79. The van der Waals surface area contributed by atoms with Crippen LogP contribution in [0.4, 0.5) is 37.8 Å². The van der Waals surface area contributed by atoms with Gasteiger partial charge >= 0.3 is 12.4 Å². The summed E-state index contributed by atoms with van der Waals surface area (Å²) < 4.78 is 84.1. The summed E-state index contributed by atoms with van der Waals surface area (Å²) in [5.74, 6) is 0.366. The molecule has 5 nitrogen and oxygen atoms in total. The molecule has 0 amide bonds. The van der Waals surface area contributed by atoms with Crippen LogP contribution < -0.4 is 14.6 Å². The normalized spacial score (nSPS) is 21.9. The van der Waals surface area contributed by atoms with Gasteiger partial charge in [0.25, 0.3) is 0 Å². The number of halogens is 6. The zero-order valence-corrected chi connectivity index (χ0v) is 19.3. The van der Waals surface area contributed by atoms with Gasteiger partial charge in [0, 0.05) is 38.0 Å². The Bertz CT molecular complexity index is 1030. The minimum absolute atomic E-state index is 0.0865. The molecule has 0 aliphatic carbocycles. The van der Waals surface area contributed by atoms with Crippen molar-refractivity contribution in [3.05, 3.63) is 48.2 Å². The lowest BCUT2D eigenvalue weighted by Gasteiger charge is -2.33. The van der Waals surface area contributed by atoms with E-state index in [4.69, 9.17) is 4.74 Å². The van der Waals surface area contributed by atoms with Crippen LogP contribution in [0.25, 0.3) is 0 Å². The van der Waals surface area contributed by atoms with Gasteiger partial charge in [-0.15, -0.1) is 0 Å². The van der Waals surface area contributed by atoms with Crippen LogP contribution in [0.2, 0.25) is 0 Å². The number of anilines is 2. The van der Waals surface area contributed by atoms with Crippen LogP contribution in [0.1, 0.15) is 38.7 Å². The van der Waals surface area contributed by atoms with Gasteiger partial charge in [0.05, 0.1) is 17.3 Å². The number of ether oxygens (including phenoxy) is 1. The van der Waals surface area contributed by atoms with E-state index in [0.29, 0.717) is 49.6 Å². The van der Waals surface area contributed by atoms with Crippen molar-refractivity contribution < 1.29 is 31.1 Å². The largest absolute Gasteiger partial charge is 0.490 e. The summed E-state index contributed by atoms with van der Waals surface area (Å²) in [5.41, 5.74) is -0.977. The van der Waals surface area contributed by atoms with Gasteiger partial charge in [0.1, 0.15) is 23.4 Å². The topological polar surface area (TPSA) is 41.0 Å². The second-order valence-corrected chi connectivity index (χ2v) is 8.79. The molecule has 190 valence electrons. The Hall–Kier alpha value is -2.98. The van der Waals surface area contributed by atoms with Crippen LogP contribution in [-0.2, 0) is 6.18 Å². The first-order chi connectivity index (χ1) is 16.5. The molecule has 2 atom stereocenters. The summed E-state index contributed by atoms with van der Waals surface area (Å²) in [6.45, 7) is 4.55. The van der Waals surface area contributed by atoms with E-state index in [2.05, 4.69) is 10.1 Å². The van der Waals surface area contributed by atoms with Crippen molar-refractivity contribution in [2.24, 2.45) is 11.0 Å². The molecule has 2 aliphatic heterocycles. The smallest absolute Gasteiger partial charge is 0.431 e. The summed E-state index contributed by atoms with van der Waals surface area (Å²) in [6.07, 6.45) is -6.29. The molecule has 0 radical (unpaired) electrons. The third-order valence-corrected chi connectivity index (χ3v) is 6.49.